The smallest absolute Gasteiger partial charge is 0.244 e. The Bertz CT molecular complexity index is 982. The van der Waals surface area contributed by atoms with Crippen LogP contribution in [0.15, 0.2) is 65.8 Å². The molecule has 0 aliphatic carbocycles. The van der Waals surface area contributed by atoms with Gasteiger partial charge in [0, 0.05) is 5.56 Å². The minimum Gasteiger partial charge on any atom is -0.497 e. The van der Waals surface area contributed by atoms with Crippen molar-refractivity contribution in [2.45, 2.75) is 19.8 Å². The van der Waals surface area contributed by atoms with Crippen LogP contribution in [0.1, 0.15) is 24.5 Å². The van der Waals surface area contributed by atoms with Crippen LogP contribution in [-0.2, 0) is 11.2 Å². The molecule has 3 aromatic rings. The number of hydrazone groups is 1. The van der Waals surface area contributed by atoms with Crippen LogP contribution in [0.25, 0.3) is 10.8 Å². The van der Waals surface area contributed by atoms with Crippen molar-refractivity contribution in [2.75, 3.05) is 13.7 Å². The number of carbonyl (C=O) groups is 1. The molecule has 0 saturated heterocycles. The highest BCUT2D eigenvalue weighted by molar-refractivity contribution is 6.02. The lowest BCUT2D eigenvalue weighted by Crippen LogP contribution is -2.19. The van der Waals surface area contributed by atoms with Gasteiger partial charge in [-0.15, -0.1) is 0 Å². The first-order chi connectivity index (χ1) is 13.7. The van der Waals surface area contributed by atoms with Crippen molar-refractivity contribution in [3.63, 3.8) is 0 Å². The zero-order chi connectivity index (χ0) is 19.8. The van der Waals surface area contributed by atoms with Crippen molar-refractivity contribution in [1.82, 2.24) is 5.43 Å². The molecule has 3 rings (SSSR count). The maximum absolute atomic E-state index is 12.2. The van der Waals surface area contributed by atoms with Crippen LogP contribution in [0, 0.1) is 0 Å². The highest BCUT2D eigenvalue weighted by Crippen LogP contribution is 2.26. The number of ether oxygens (including phenoxy) is 2. The maximum Gasteiger partial charge on any atom is 0.244 e. The molecule has 0 radical (unpaired) electrons. The number of benzene rings is 3. The van der Waals surface area contributed by atoms with Gasteiger partial charge in [0.1, 0.15) is 11.5 Å². The van der Waals surface area contributed by atoms with Crippen molar-refractivity contribution in [1.29, 1.82) is 0 Å². The third-order valence-electron chi connectivity index (χ3n) is 4.27. The quantitative estimate of drug-likeness (QED) is 0.470. The molecule has 0 aliphatic heterocycles. The van der Waals surface area contributed by atoms with Gasteiger partial charge in [-0.05, 0) is 41.0 Å². The van der Waals surface area contributed by atoms with E-state index < -0.39 is 0 Å². The molecule has 3 aromatic carbocycles. The van der Waals surface area contributed by atoms with Crippen molar-refractivity contribution >= 4 is 22.9 Å². The number of nitrogens with zero attached hydrogens (tertiary/aromatic N) is 1. The summed E-state index contributed by atoms with van der Waals surface area (Å²) in [5.74, 6) is 1.29. The SMILES string of the molecule is CCCOc1ccc2ccccc2c1/C=N/NC(=O)Cc1cccc(OC)c1. The molecule has 0 saturated carbocycles. The van der Waals surface area contributed by atoms with E-state index >= 15 is 0 Å². The second-order valence-electron chi connectivity index (χ2n) is 6.37. The average Bonchev–Trinajstić information content (AvgIpc) is 2.73. The Hall–Kier alpha value is -3.34. The molecule has 0 spiro atoms. The topological polar surface area (TPSA) is 59.9 Å². The van der Waals surface area contributed by atoms with Gasteiger partial charge in [-0.25, -0.2) is 5.43 Å². The first-order valence-electron chi connectivity index (χ1n) is 9.30. The standard InChI is InChI=1S/C23H24N2O3/c1-3-13-28-22-12-11-18-8-4-5-10-20(18)21(22)16-24-25-23(26)15-17-7-6-9-19(14-17)27-2/h4-12,14,16H,3,13,15H2,1-2H3,(H,25,26)/b24-16+. The second kappa shape index (κ2) is 9.55. The number of methoxy groups -OCH3 is 1. The third-order valence-corrected chi connectivity index (χ3v) is 4.27. The summed E-state index contributed by atoms with van der Waals surface area (Å²) in [6.45, 7) is 2.69. The van der Waals surface area contributed by atoms with Crippen LogP contribution in [0.5, 0.6) is 11.5 Å². The summed E-state index contributed by atoms with van der Waals surface area (Å²) in [5, 5.41) is 6.29. The van der Waals surface area contributed by atoms with E-state index in [0.29, 0.717) is 6.61 Å². The van der Waals surface area contributed by atoms with E-state index in [4.69, 9.17) is 9.47 Å². The lowest BCUT2D eigenvalue weighted by atomic mass is 10.0. The van der Waals surface area contributed by atoms with Gasteiger partial charge in [0.25, 0.3) is 0 Å². The van der Waals surface area contributed by atoms with Crippen LogP contribution in [0.2, 0.25) is 0 Å². The first kappa shape index (κ1) is 19.4. The fourth-order valence-corrected chi connectivity index (χ4v) is 2.92. The zero-order valence-corrected chi connectivity index (χ0v) is 16.1. The van der Waals surface area contributed by atoms with Gasteiger partial charge in [0.05, 0.1) is 26.4 Å². The van der Waals surface area contributed by atoms with Gasteiger partial charge in [-0.1, -0.05) is 49.4 Å². The summed E-state index contributed by atoms with van der Waals surface area (Å²) in [4.78, 5) is 12.2. The fourth-order valence-electron chi connectivity index (χ4n) is 2.92. The second-order valence-corrected chi connectivity index (χ2v) is 6.37. The molecule has 144 valence electrons. The van der Waals surface area contributed by atoms with Gasteiger partial charge in [-0.2, -0.15) is 5.10 Å². The molecule has 1 amide bonds. The summed E-state index contributed by atoms with van der Waals surface area (Å²) in [6, 6.07) is 19.4. The molecule has 0 heterocycles. The Morgan fingerprint density at radius 1 is 1.11 bits per heavy atom. The number of hydrogen-bond acceptors (Lipinski definition) is 4. The van der Waals surface area contributed by atoms with E-state index in [1.807, 2.05) is 60.7 Å². The van der Waals surface area contributed by atoms with E-state index in [2.05, 4.69) is 17.5 Å². The van der Waals surface area contributed by atoms with Gasteiger partial charge >= 0.3 is 0 Å². The van der Waals surface area contributed by atoms with Gasteiger partial charge in [0.15, 0.2) is 0 Å². The Kier molecular flexibility index (Phi) is 6.63. The van der Waals surface area contributed by atoms with Crippen LogP contribution < -0.4 is 14.9 Å². The highest BCUT2D eigenvalue weighted by atomic mass is 16.5. The summed E-state index contributed by atoms with van der Waals surface area (Å²) in [7, 11) is 1.60. The predicted octanol–water partition coefficient (Wildman–Crippen LogP) is 4.33. The average molecular weight is 376 g/mol. The molecule has 0 atom stereocenters. The summed E-state index contributed by atoms with van der Waals surface area (Å²) >= 11 is 0. The highest BCUT2D eigenvalue weighted by Gasteiger charge is 2.08. The van der Waals surface area contributed by atoms with Crippen LogP contribution in [-0.4, -0.2) is 25.8 Å². The molecule has 0 aromatic heterocycles. The van der Waals surface area contributed by atoms with E-state index in [1.54, 1.807) is 13.3 Å². The lowest BCUT2D eigenvalue weighted by Gasteiger charge is -2.11. The molecule has 5 nitrogen and oxygen atoms in total. The van der Waals surface area contributed by atoms with Crippen molar-refractivity contribution in [2.24, 2.45) is 5.10 Å². The largest absolute Gasteiger partial charge is 0.497 e. The minimum absolute atomic E-state index is 0.194. The zero-order valence-electron chi connectivity index (χ0n) is 16.1. The molecule has 0 bridgehead atoms. The molecule has 0 fully saturated rings. The molecular weight excluding hydrogens is 352 g/mol. The Labute approximate surface area is 165 Å². The summed E-state index contributed by atoms with van der Waals surface area (Å²) in [5.41, 5.74) is 4.32. The maximum atomic E-state index is 12.2. The van der Waals surface area contributed by atoms with Crippen molar-refractivity contribution < 1.29 is 14.3 Å². The van der Waals surface area contributed by atoms with E-state index in [1.165, 1.54) is 0 Å². The Morgan fingerprint density at radius 3 is 2.79 bits per heavy atom. The Balaban J connectivity index is 1.75. The summed E-state index contributed by atoms with van der Waals surface area (Å²) < 4.78 is 11.0. The van der Waals surface area contributed by atoms with E-state index in [9.17, 15) is 4.79 Å². The van der Waals surface area contributed by atoms with Gasteiger partial charge in [-0.3, -0.25) is 4.79 Å². The minimum atomic E-state index is -0.194. The van der Waals surface area contributed by atoms with E-state index in [0.717, 1.165) is 39.8 Å². The van der Waals surface area contributed by atoms with Crippen LogP contribution in [0.4, 0.5) is 0 Å². The number of rotatable bonds is 8. The normalized spacial score (nSPS) is 10.9. The predicted molar refractivity (Wildman–Crippen MR) is 112 cm³/mol. The third kappa shape index (κ3) is 4.88. The molecule has 5 heteroatoms. The summed E-state index contributed by atoms with van der Waals surface area (Å²) in [6.07, 6.45) is 2.79. The number of carbonyl (C=O) groups excluding carboxylic acids is 1. The number of nitrogens with one attached hydrogen (secondary N) is 1. The van der Waals surface area contributed by atoms with Gasteiger partial charge in [0.2, 0.25) is 5.91 Å². The molecule has 1 N–H and O–H groups in total. The monoisotopic (exact) mass is 376 g/mol. The molecule has 0 unspecified atom stereocenters. The first-order valence-corrected chi connectivity index (χ1v) is 9.30. The number of amides is 1. The molecule has 0 aliphatic rings. The molecule has 28 heavy (non-hydrogen) atoms. The number of hydrogen-bond donors (Lipinski definition) is 1. The van der Waals surface area contributed by atoms with Crippen LogP contribution in [0.3, 0.4) is 0 Å². The lowest BCUT2D eigenvalue weighted by molar-refractivity contribution is -0.120. The van der Waals surface area contributed by atoms with Crippen LogP contribution >= 0.6 is 0 Å². The molecular formula is C23H24N2O3. The number of fused-ring (bicyclic) bond motifs is 1. The fraction of sp³-hybridized carbons (Fsp3) is 0.217. The van der Waals surface area contributed by atoms with Crippen molar-refractivity contribution in [3.8, 4) is 11.5 Å². The Morgan fingerprint density at radius 2 is 1.96 bits per heavy atom. The van der Waals surface area contributed by atoms with Gasteiger partial charge < -0.3 is 9.47 Å². The van der Waals surface area contributed by atoms with Crippen molar-refractivity contribution in [3.05, 3.63) is 71.8 Å². The van der Waals surface area contributed by atoms with E-state index in [-0.39, 0.29) is 12.3 Å².